The van der Waals surface area contributed by atoms with Crippen molar-refractivity contribution in [3.63, 3.8) is 0 Å². The van der Waals surface area contributed by atoms with E-state index in [4.69, 9.17) is 0 Å². The van der Waals surface area contributed by atoms with Crippen LogP contribution < -0.4 is 0 Å². The van der Waals surface area contributed by atoms with E-state index in [-0.39, 0.29) is 9.65 Å². The van der Waals surface area contributed by atoms with Crippen molar-refractivity contribution in [2.75, 3.05) is 0 Å². The Morgan fingerprint density at radius 2 is 0.897 bits per heavy atom. The summed E-state index contributed by atoms with van der Waals surface area (Å²) in [5, 5.41) is 0. The van der Waals surface area contributed by atoms with Crippen LogP contribution in [0.5, 0.6) is 0 Å². The fourth-order valence-electron chi connectivity index (χ4n) is 4.19. The van der Waals surface area contributed by atoms with Gasteiger partial charge in [-0.05, 0) is 50.9 Å². The highest BCUT2D eigenvalue weighted by Gasteiger charge is 2.22. The molecule has 0 bridgehead atoms. The van der Waals surface area contributed by atoms with Crippen molar-refractivity contribution in [1.29, 1.82) is 0 Å². The summed E-state index contributed by atoms with van der Waals surface area (Å²) in [5.41, 5.74) is 10.8. The van der Waals surface area contributed by atoms with Gasteiger partial charge in [0.1, 0.15) is 0 Å². The van der Waals surface area contributed by atoms with E-state index >= 15 is 0 Å². The van der Waals surface area contributed by atoms with Crippen LogP contribution >= 0.6 is 31.9 Å². The van der Waals surface area contributed by atoms with Crippen LogP contribution in [0.15, 0.2) is 97.1 Å². The first-order valence-electron chi connectivity index (χ1n) is 9.85. The molecule has 142 valence electrons. The largest absolute Gasteiger partial charge is 0.0786 e. The maximum atomic E-state index is 3.89. The third-order valence-corrected chi connectivity index (χ3v) is 7.81. The molecular weight excluding hydrogens is 484 g/mol. The predicted molar refractivity (Wildman–Crippen MR) is 129 cm³/mol. The molecular formula is C27H20Br2. The first-order valence-corrected chi connectivity index (χ1v) is 11.7. The number of alkyl halides is 2. The molecule has 0 aromatic heterocycles. The van der Waals surface area contributed by atoms with Gasteiger partial charge < -0.3 is 0 Å². The second-order valence-corrected chi connectivity index (χ2v) is 9.39. The van der Waals surface area contributed by atoms with E-state index in [0.29, 0.717) is 0 Å². The first kappa shape index (κ1) is 18.8. The molecule has 1 aliphatic carbocycles. The zero-order valence-electron chi connectivity index (χ0n) is 15.9. The van der Waals surface area contributed by atoms with Crippen molar-refractivity contribution >= 4 is 31.9 Å². The summed E-state index contributed by atoms with van der Waals surface area (Å²) in [4.78, 5) is 0.441. The van der Waals surface area contributed by atoms with Crippen LogP contribution in [-0.2, 0) is 6.42 Å². The zero-order chi connectivity index (χ0) is 19.8. The molecule has 0 amide bonds. The van der Waals surface area contributed by atoms with Crippen molar-refractivity contribution in [3.05, 3.63) is 130 Å². The Labute approximate surface area is 188 Å². The molecule has 29 heavy (non-hydrogen) atoms. The van der Waals surface area contributed by atoms with Crippen LogP contribution in [0.25, 0.3) is 11.1 Å². The Balaban J connectivity index is 1.45. The topological polar surface area (TPSA) is 0 Å². The Morgan fingerprint density at radius 3 is 1.31 bits per heavy atom. The minimum atomic E-state index is 0.221. The molecule has 0 fully saturated rings. The van der Waals surface area contributed by atoms with Gasteiger partial charge in [0.2, 0.25) is 0 Å². The number of hydrogen-bond donors (Lipinski definition) is 0. The molecule has 0 heterocycles. The van der Waals surface area contributed by atoms with E-state index in [9.17, 15) is 0 Å². The Bertz CT molecular complexity index is 1060. The van der Waals surface area contributed by atoms with Gasteiger partial charge in [0, 0.05) is 0 Å². The van der Waals surface area contributed by atoms with Gasteiger partial charge in [0.25, 0.3) is 0 Å². The molecule has 0 radical (unpaired) electrons. The molecule has 0 N–H and O–H groups in total. The van der Waals surface area contributed by atoms with Crippen LogP contribution in [-0.4, -0.2) is 0 Å². The van der Waals surface area contributed by atoms with Crippen LogP contribution in [0.4, 0.5) is 0 Å². The minimum absolute atomic E-state index is 0.221. The van der Waals surface area contributed by atoms with Gasteiger partial charge in [0.05, 0.1) is 9.65 Å². The monoisotopic (exact) mass is 502 g/mol. The van der Waals surface area contributed by atoms with Gasteiger partial charge in [0.15, 0.2) is 0 Å². The van der Waals surface area contributed by atoms with Crippen molar-refractivity contribution in [3.8, 4) is 11.1 Å². The molecule has 1 aliphatic rings. The highest BCUT2D eigenvalue weighted by molar-refractivity contribution is 9.09. The van der Waals surface area contributed by atoms with Gasteiger partial charge in [-0.2, -0.15) is 0 Å². The summed E-state index contributed by atoms with van der Waals surface area (Å²) < 4.78 is 0. The number of rotatable bonds is 4. The van der Waals surface area contributed by atoms with Crippen molar-refractivity contribution in [1.82, 2.24) is 0 Å². The van der Waals surface area contributed by atoms with E-state index in [1.165, 1.54) is 44.5 Å². The molecule has 5 rings (SSSR count). The lowest BCUT2D eigenvalue weighted by molar-refractivity contribution is 1.14. The third-order valence-electron chi connectivity index (χ3n) is 5.70. The molecule has 2 heteroatoms. The summed E-state index contributed by atoms with van der Waals surface area (Å²) in [6.45, 7) is 0. The van der Waals surface area contributed by atoms with E-state index < -0.39 is 0 Å². The van der Waals surface area contributed by atoms with Gasteiger partial charge in [-0.3, -0.25) is 0 Å². The van der Waals surface area contributed by atoms with E-state index in [2.05, 4.69) is 129 Å². The van der Waals surface area contributed by atoms with Crippen molar-refractivity contribution < 1.29 is 0 Å². The number of hydrogen-bond acceptors (Lipinski definition) is 0. The summed E-state index contributed by atoms with van der Waals surface area (Å²) >= 11 is 7.78. The minimum Gasteiger partial charge on any atom is -0.0786 e. The normalized spacial score (nSPS) is 14.1. The van der Waals surface area contributed by atoms with Crippen molar-refractivity contribution in [2.45, 2.75) is 16.1 Å². The second kappa shape index (κ2) is 7.93. The number of fused-ring (bicyclic) bond motifs is 3. The first-order chi connectivity index (χ1) is 14.2. The van der Waals surface area contributed by atoms with Gasteiger partial charge >= 0.3 is 0 Å². The molecule has 2 unspecified atom stereocenters. The maximum absolute atomic E-state index is 3.89. The average Bonchev–Trinajstić information content (AvgIpc) is 3.16. The highest BCUT2D eigenvalue weighted by atomic mass is 79.9. The lowest BCUT2D eigenvalue weighted by atomic mass is 9.98. The molecule has 0 aliphatic heterocycles. The summed E-state index contributed by atoms with van der Waals surface area (Å²) in [6.07, 6.45) is 0.995. The predicted octanol–water partition coefficient (Wildman–Crippen LogP) is 8.23. The van der Waals surface area contributed by atoms with Crippen LogP contribution in [0, 0.1) is 0 Å². The van der Waals surface area contributed by atoms with Gasteiger partial charge in [-0.1, -0.05) is 129 Å². The van der Waals surface area contributed by atoms with Crippen LogP contribution in [0.1, 0.15) is 43.0 Å². The molecule has 4 aromatic rings. The lowest BCUT2D eigenvalue weighted by Gasteiger charge is -2.13. The van der Waals surface area contributed by atoms with Gasteiger partial charge in [-0.25, -0.2) is 0 Å². The molecule has 4 aromatic carbocycles. The zero-order valence-corrected chi connectivity index (χ0v) is 19.0. The van der Waals surface area contributed by atoms with Crippen LogP contribution in [0.2, 0.25) is 0 Å². The summed E-state index contributed by atoms with van der Waals surface area (Å²) in [6, 6.07) is 35.0. The Kier molecular flexibility index (Phi) is 5.15. The molecule has 0 saturated carbocycles. The molecule has 0 nitrogen and oxygen atoms in total. The van der Waals surface area contributed by atoms with Gasteiger partial charge in [-0.15, -0.1) is 0 Å². The van der Waals surface area contributed by atoms with Crippen LogP contribution in [0.3, 0.4) is 0 Å². The fourth-order valence-corrected chi connectivity index (χ4v) is 5.37. The standard InChI is InChI=1S/C27H20Br2/c28-26(18-7-3-1-4-8-18)20-11-13-24-22(15-20)17-23-16-21(12-14-25(23)24)27(29)19-9-5-2-6-10-19/h1-16,26-27H,17H2. The highest BCUT2D eigenvalue weighted by Crippen LogP contribution is 2.42. The summed E-state index contributed by atoms with van der Waals surface area (Å²) in [7, 11) is 0. The van der Waals surface area contributed by atoms with Crippen molar-refractivity contribution in [2.24, 2.45) is 0 Å². The Morgan fingerprint density at radius 1 is 0.483 bits per heavy atom. The third kappa shape index (κ3) is 3.60. The molecule has 0 spiro atoms. The van der Waals surface area contributed by atoms with E-state index in [1.807, 2.05) is 0 Å². The number of halogens is 2. The average molecular weight is 504 g/mol. The lowest BCUT2D eigenvalue weighted by Crippen LogP contribution is -1.94. The molecule has 2 atom stereocenters. The van der Waals surface area contributed by atoms with E-state index in [0.717, 1.165) is 6.42 Å². The quantitative estimate of drug-likeness (QED) is 0.216. The molecule has 0 saturated heterocycles. The SMILES string of the molecule is BrC(c1ccccc1)c1ccc2c(c1)Cc1cc(C(Br)c3ccccc3)ccc1-2. The summed E-state index contributed by atoms with van der Waals surface area (Å²) in [5.74, 6) is 0. The number of benzene rings is 4. The van der Waals surface area contributed by atoms with E-state index in [1.54, 1.807) is 0 Å². The Hall–Kier alpha value is -2.16. The second-order valence-electron chi connectivity index (χ2n) is 7.56. The maximum Gasteiger partial charge on any atom is 0.0644 e. The fraction of sp³-hybridized carbons (Fsp3) is 0.111. The smallest absolute Gasteiger partial charge is 0.0644 e.